The van der Waals surface area contributed by atoms with Gasteiger partial charge in [0.15, 0.2) is 0 Å². The largest absolute Gasteiger partial charge is 0.483 e. The molecule has 2 heterocycles. The zero-order valence-electron chi connectivity index (χ0n) is 18.4. The van der Waals surface area contributed by atoms with E-state index in [0.29, 0.717) is 29.3 Å². The SMILES string of the molecule is CCOC(=O)c1cc2cc(Oc3ccc(C)cc3)cc(OCc3nccn3C)c2[nH]1.O=S=O. The van der Waals surface area contributed by atoms with Gasteiger partial charge in [0.2, 0.25) is 0 Å². The number of nitrogens with zero attached hydrogens (tertiary/aromatic N) is 2. The summed E-state index contributed by atoms with van der Waals surface area (Å²) in [4.78, 5) is 19.6. The molecule has 0 saturated carbocycles. The van der Waals surface area contributed by atoms with Gasteiger partial charge in [-0.15, -0.1) is 0 Å². The summed E-state index contributed by atoms with van der Waals surface area (Å²) in [5.41, 5.74) is 2.21. The number of aromatic amines is 1. The van der Waals surface area contributed by atoms with Crippen LogP contribution in [0.1, 0.15) is 28.8 Å². The zero-order valence-corrected chi connectivity index (χ0v) is 19.2. The van der Waals surface area contributed by atoms with Crippen LogP contribution >= 0.6 is 0 Å². The summed E-state index contributed by atoms with van der Waals surface area (Å²) in [6.07, 6.45) is 3.58. The molecule has 2 aromatic heterocycles. The first kappa shape index (κ1) is 23.7. The minimum Gasteiger partial charge on any atom is -0.483 e. The Morgan fingerprint density at radius 2 is 1.85 bits per heavy atom. The number of H-pyrrole nitrogens is 1. The minimum atomic E-state index is -0.750. The van der Waals surface area contributed by atoms with Crippen LogP contribution in [0.5, 0.6) is 17.2 Å². The van der Waals surface area contributed by atoms with Crippen LogP contribution in [-0.2, 0) is 30.0 Å². The van der Waals surface area contributed by atoms with Crippen molar-refractivity contribution in [1.29, 1.82) is 0 Å². The molecule has 0 atom stereocenters. The van der Waals surface area contributed by atoms with E-state index in [0.717, 1.165) is 22.5 Å². The van der Waals surface area contributed by atoms with Crippen molar-refractivity contribution in [3.63, 3.8) is 0 Å². The van der Waals surface area contributed by atoms with Crippen LogP contribution in [0.2, 0.25) is 0 Å². The Morgan fingerprint density at radius 1 is 1.12 bits per heavy atom. The predicted molar refractivity (Wildman–Crippen MR) is 122 cm³/mol. The van der Waals surface area contributed by atoms with Crippen molar-refractivity contribution in [2.75, 3.05) is 6.61 Å². The maximum atomic E-state index is 12.2. The third-order valence-electron chi connectivity index (χ3n) is 4.70. The molecule has 9 nitrogen and oxygen atoms in total. The van der Waals surface area contributed by atoms with Gasteiger partial charge in [0.05, 0.1) is 12.1 Å². The Morgan fingerprint density at radius 3 is 2.48 bits per heavy atom. The fourth-order valence-corrected chi connectivity index (χ4v) is 3.10. The van der Waals surface area contributed by atoms with Crippen LogP contribution in [0.4, 0.5) is 0 Å². The number of carbonyl (C=O) groups excluding carboxylic acids is 1. The highest BCUT2D eigenvalue weighted by molar-refractivity contribution is 7.51. The van der Waals surface area contributed by atoms with E-state index in [-0.39, 0.29) is 6.61 Å². The van der Waals surface area contributed by atoms with Gasteiger partial charge in [-0.1, -0.05) is 17.7 Å². The molecule has 0 fully saturated rings. The number of carbonyl (C=O) groups is 1. The molecule has 10 heteroatoms. The third-order valence-corrected chi connectivity index (χ3v) is 4.70. The lowest BCUT2D eigenvalue weighted by atomic mass is 10.2. The van der Waals surface area contributed by atoms with Crippen molar-refractivity contribution in [1.82, 2.24) is 14.5 Å². The Kier molecular flexibility index (Phi) is 7.98. The second-order valence-electron chi connectivity index (χ2n) is 7.02. The van der Waals surface area contributed by atoms with Crippen molar-refractivity contribution in [3.8, 4) is 17.2 Å². The quantitative estimate of drug-likeness (QED) is 0.406. The molecule has 172 valence electrons. The number of benzene rings is 2. The van der Waals surface area contributed by atoms with E-state index >= 15 is 0 Å². The van der Waals surface area contributed by atoms with Crippen molar-refractivity contribution in [2.24, 2.45) is 7.05 Å². The molecule has 0 radical (unpaired) electrons. The summed E-state index contributed by atoms with van der Waals surface area (Å²) in [6.45, 7) is 4.38. The average Bonchev–Trinajstić information content (AvgIpc) is 3.40. The Labute approximate surface area is 193 Å². The number of aryl methyl sites for hydroxylation is 2. The summed E-state index contributed by atoms with van der Waals surface area (Å²) in [7, 11) is 1.91. The number of esters is 1. The summed E-state index contributed by atoms with van der Waals surface area (Å²) >= 11 is -0.750. The van der Waals surface area contributed by atoms with Crippen LogP contribution in [0.3, 0.4) is 0 Å². The van der Waals surface area contributed by atoms with Crippen molar-refractivity contribution in [2.45, 2.75) is 20.5 Å². The van der Waals surface area contributed by atoms with Gasteiger partial charge in [0.1, 0.15) is 35.4 Å². The Hall–Kier alpha value is -3.92. The second-order valence-corrected chi connectivity index (χ2v) is 7.15. The first-order chi connectivity index (χ1) is 15.9. The molecule has 1 N–H and O–H groups in total. The molecule has 0 aliphatic rings. The fraction of sp³-hybridized carbons (Fsp3) is 0.217. The van der Waals surface area contributed by atoms with E-state index in [1.54, 1.807) is 25.3 Å². The molecule has 0 aliphatic carbocycles. The van der Waals surface area contributed by atoms with Gasteiger partial charge in [0.25, 0.3) is 0 Å². The molecule has 0 aliphatic heterocycles. The van der Waals surface area contributed by atoms with Gasteiger partial charge in [-0.3, -0.25) is 0 Å². The Balaban J connectivity index is 0.000000968. The lowest BCUT2D eigenvalue weighted by Crippen LogP contribution is -2.05. The standard InChI is InChI=1S/C23H23N3O4.O2S/c1-4-28-23(27)19-12-16-11-18(30-17-7-5-15(2)6-8-17)13-20(22(16)25-19)29-14-21-24-9-10-26(21)3;1-3-2/h5-13,25H,4,14H2,1-3H3;. The van der Waals surface area contributed by atoms with Crippen molar-refractivity contribution in [3.05, 3.63) is 71.9 Å². The van der Waals surface area contributed by atoms with E-state index in [2.05, 4.69) is 9.97 Å². The van der Waals surface area contributed by atoms with Gasteiger partial charge in [0, 0.05) is 30.9 Å². The van der Waals surface area contributed by atoms with Crippen molar-refractivity contribution < 1.29 is 27.4 Å². The maximum Gasteiger partial charge on any atom is 0.354 e. The lowest BCUT2D eigenvalue weighted by molar-refractivity contribution is 0.0520. The first-order valence-corrected chi connectivity index (χ1v) is 10.7. The molecule has 0 spiro atoms. The normalized spacial score (nSPS) is 10.3. The highest BCUT2D eigenvalue weighted by Crippen LogP contribution is 2.34. The number of imidazole rings is 1. The van der Waals surface area contributed by atoms with Crippen LogP contribution in [-0.4, -0.2) is 35.5 Å². The van der Waals surface area contributed by atoms with E-state index in [4.69, 9.17) is 22.6 Å². The molecule has 0 bridgehead atoms. The molecule has 0 unspecified atom stereocenters. The number of fused-ring (bicyclic) bond motifs is 1. The van der Waals surface area contributed by atoms with Gasteiger partial charge in [-0.2, -0.15) is 8.42 Å². The zero-order chi connectivity index (χ0) is 23.8. The monoisotopic (exact) mass is 469 g/mol. The Bertz CT molecular complexity index is 1270. The van der Waals surface area contributed by atoms with Crippen molar-refractivity contribution >= 4 is 28.4 Å². The number of hydrogen-bond acceptors (Lipinski definition) is 7. The summed E-state index contributed by atoms with van der Waals surface area (Å²) in [5.74, 6) is 2.26. The van der Waals surface area contributed by atoms with Crippen LogP contribution in [0, 0.1) is 6.92 Å². The van der Waals surface area contributed by atoms with Gasteiger partial charge in [-0.05, 0) is 38.1 Å². The molecule has 4 aromatic rings. The second kappa shape index (κ2) is 11.1. The van der Waals surface area contributed by atoms with Crippen LogP contribution in [0.25, 0.3) is 10.9 Å². The van der Waals surface area contributed by atoms with E-state index in [1.807, 2.05) is 55.1 Å². The fourth-order valence-electron chi connectivity index (χ4n) is 3.10. The highest BCUT2D eigenvalue weighted by atomic mass is 32.1. The average molecular weight is 470 g/mol. The smallest absolute Gasteiger partial charge is 0.354 e. The highest BCUT2D eigenvalue weighted by Gasteiger charge is 2.16. The molecular formula is C23H23N3O6S. The third kappa shape index (κ3) is 6.07. The van der Waals surface area contributed by atoms with Crippen LogP contribution < -0.4 is 9.47 Å². The summed E-state index contributed by atoms with van der Waals surface area (Å²) in [6, 6.07) is 13.2. The number of aromatic nitrogens is 3. The van der Waals surface area contributed by atoms with Crippen LogP contribution in [0.15, 0.2) is 54.9 Å². The maximum absolute atomic E-state index is 12.2. The molecule has 4 rings (SSSR count). The van der Waals surface area contributed by atoms with E-state index in [1.165, 1.54) is 0 Å². The predicted octanol–water partition coefficient (Wildman–Crippen LogP) is 4.09. The van der Waals surface area contributed by atoms with E-state index in [9.17, 15) is 4.79 Å². The molecule has 0 saturated heterocycles. The lowest BCUT2D eigenvalue weighted by Gasteiger charge is -2.11. The summed E-state index contributed by atoms with van der Waals surface area (Å²) < 4.78 is 35.7. The minimum absolute atomic E-state index is 0.278. The van der Waals surface area contributed by atoms with Gasteiger partial charge >= 0.3 is 17.5 Å². The first-order valence-electron chi connectivity index (χ1n) is 10.0. The molecule has 2 aromatic carbocycles. The molecule has 0 amide bonds. The molecular weight excluding hydrogens is 446 g/mol. The number of ether oxygens (including phenoxy) is 3. The molecule has 33 heavy (non-hydrogen) atoms. The number of hydrogen-bond donors (Lipinski definition) is 1. The van der Waals surface area contributed by atoms with Gasteiger partial charge in [-0.25, -0.2) is 9.78 Å². The van der Waals surface area contributed by atoms with E-state index < -0.39 is 17.5 Å². The summed E-state index contributed by atoms with van der Waals surface area (Å²) in [5, 5.41) is 0.789. The number of rotatable bonds is 7. The number of nitrogens with one attached hydrogen (secondary N) is 1. The van der Waals surface area contributed by atoms with Gasteiger partial charge < -0.3 is 23.8 Å². The topological polar surface area (TPSA) is 113 Å².